The van der Waals surface area contributed by atoms with Crippen LogP contribution in [0, 0.1) is 23.7 Å². The first kappa shape index (κ1) is 80.2. The topological polar surface area (TPSA) is 288 Å². The van der Waals surface area contributed by atoms with E-state index in [2.05, 4.69) is 21.3 Å². The summed E-state index contributed by atoms with van der Waals surface area (Å²) in [6, 6.07) is -6.55. The third-order valence-corrected chi connectivity index (χ3v) is 22.1. The zero-order valence-electron chi connectivity index (χ0n) is 60.5. The molecule has 1 aromatic carbocycles. The summed E-state index contributed by atoms with van der Waals surface area (Å²) in [6.07, 6.45) is 2.68. The number of hydrogen-bond donors (Lipinski definition) is 4. The Morgan fingerprint density at radius 2 is 1.26 bits per heavy atom. The highest BCUT2D eigenvalue weighted by Gasteiger charge is 2.51. The van der Waals surface area contributed by atoms with E-state index in [0.717, 1.165) is 58.9 Å². The lowest BCUT2D eigenvalue weighted by molar-refractivity contribution is -0.152. The van der Waals surface area contributed by atoms with E-state index < -0.39 is 173 Å². The number of ether oxygens (including phenoxy) is 1. The van der Waals surface area contributed by atoms with Crippen LogP contribution in [-0.2, 0) is 74.9 Å². The lowest BCUT2D eigenvalue weighted by Crippen LogP contribution is -2.65. The molecule has 4 heterocycles. The Morgan fingerprint density at radius 3 is 1.86 bits per heavy atom. The van der Waals surface area contributed by atoms with E-state index in [1.54, 1.807) is 18.7 Å². The molecule has 7 rings (SSSR count). The molecule has 3 unspecified atom stereocenters. The van der Waals surface area contributed by atoms with E-state index in [1.165, 1.54) is 68.0 Å². The minimum Gasteiger partial charge on any atom is -0.377 e. The smallest absolute Gasteiger partial charge is 0.377 e. The van der Waals surface area contributed by atoms with Crippen LogP contribution in [0.25, 0.3) is 0 Å². The SMILES string of the molecule is CC[C@H](C)[C@@H]1NC(=O)[C@H](CC(C)C)N(C)C(=O)C[C@@H](C(=O)N2C3CCC2COC3)NC(=O)[C@H]([C@@H](C)CC)N(C)C(=O)C2(CCCC2)NC(=O)C2CCCN2C(=O)[C@H](CCc2ccc(C(F)(F)F)c(Cl)c2)NC(=O)CN(C)C(=O)[C@H](CC2CCCCC2)N(C)C(=O)CN(C)C(=O)CN(C)C1=O. The molecule has 100 heavy (non-hydrogen) atoms. The maximum absolute atomic E-state index is 15.5. The zero-order chi connectivity index (χ0) is 73.8. The minimum absolute atomic E-state index is 0.0150. The van der Waals surface area contributed by atoms with Crippen molar-refractivity contribution in [2.24, 2.45) is 23.7 Å². The van der Waals surface area contributed by atoms with Gasteiger partial charge in [-0.05, 0) is 106 Å². The van der Waals surface area contributed by atoms with Gasteiger partial charge in [0.25, 0.3) is 0 Å². The van der Waals surface area contributed by atoms with E-state index in [4.69, 9.17) is 16.3 Å². The normalized spacial score (nSPS) is 28.0. The van der Waals surface area contributed by atoms with Gasteiger partial charge in [-0.1, -0.05) is 117 Å². The van der Waals surface area contributed by atoms with Crippen LogP contribution in [0.5, 0.6) is 0 Å². The number of aryl methyl sites for hydroxylation is 1. The number of rotatable bonds is 12. The average molecular weight is 1430 g/mol. The molecule has 12 amide bonds. The van der Waals surface area contributed by atoms with Crippen LogP contribution >= 0.6 is 11.6 Å². The molecule has 0 aromatic heterocycles. The van der Waals surface area contributed by atoms with Gasteiger partial charge in [0.2, 0.25) is 70.9 Å². The first-order valence-corrected chi connectivity index (χ1v) is 36.3. The Morgan fingerprint density at radius 1 is 0.650 bits per heavy atom. The third-order valence-electron chi connectivity index (χ3n) is 21.8. The molecule has 4 N–H and O–H groups in total. The fraction of sp³-hybridized carbons (Fsp3) is 0.746. The van der Waals surface area contributed by atoms with Crippen molar-refractivity contribution >= 4 is 82.5 Å². The number of carbonyl (C=O) groups is 12. The van der Waals surface area contributed by atoms with Crippen molar-refractivity contribution in [2.75, 3.05) is 81.7 Å². The summed E-state index contributed by atoms with van der Waals surface area (Å²) < 4.78 is 47.4. The molecule has 4 aliphatic heterocycles. The average Bonchev–Trinajstić information content (AvgIpc) is 1.53. The lowest BCUT2D eigenvalue weighted by Gasteiger charge is -2.41. The number of morpholine rings is 1. The molecule has 558 valence electrons. The Kier molecular flexibility index (Phi) is 28.2. The second kappa shape index (κ2) is 35.2. The van der Waals surface area contributed by atoms with Crippen molar-refractivity contribution in [3.05, 3.63) is 34.3 Å². The number of nitrogens with one attached hydrogen (secondary N) is 4. The van der Waals surface area contributed by atoms with Gasteiger partial charge in [-0.15, -0.1) is 0 Å². The van der Waals surface area contributed by atoms with E-state index in [9.17, 15) is 46.7 Å². The molecular formula is C71H108ClF3N12O13. The molecule has 29 heteroatoms. The van der Waals surface area contributed by atoms with Gasteiger partial charge in [0.1, 0.15) is 47.8 Å². The Labute approximate surface area is 591 Å². The summed E-state index contributed by atoms with van der Waals surface area (Å²) in [6.45, 7) is 9.67. The fourth-order valence-electron chi connectivity index (χ4n) is 15.3. The second-order valence-electron chi connectivity index (χ2n) is 29.5. The van der Waals surface area contributed by atoms with Gasteiger partial charge < -0.3 is 65.2 Å². The van der Waals surface area contributed by atoms with Crippen molar-refractivity contribution in [3.8, 4) is 0 Å². The lowest BCUT2D eigenvalue weighted by atomic mass is 9.84. The van der Waals surface area contributed by atoms with Crippen LogP contribution in [-0.4, -0.2) is 252 Å². The number of halogens is 4. The van der Waals surface area contributed by atoms with E-state index >= 15 is 24.0 Å². The molecule has 0 radical (unpaired) electrons. The predicted molar refractivity (Wildman–Crippen MR) is 366 cm³/mol. The van der Waals surface area contributed by atoms with Crippen LogP contribution in [0.3, 0.4) is 0 Å². The summed E-state index contributed by atoms with van der Waals surface area (Å²) in [5.41, 5.74) is -2.38. The highest BCUT2D eigenvalue weighted by molar-refractivity contribution is 6.31. The molecule has 11 atom stereocenters. The number of benzene rings is 1. The van der Waals surface area contributed by atoms with Crippen LogP contribution in [0.2, 0.25) is 5.02 Å². The van der Waals surface area contributed by atoms with Crippen molar-refractivity contribution < 1.29 is 75.4 Å². The number of carbonyl (C=O) groups excluding carboxylic acids is 12. The van der Waals surface area contributed by atoms with Crippen molar-refractivity contribution in [1.29, 1.82) is 0 Å². The Hall–Kier alpha value is -7.10. The third kappa shape index (κ3) is 19.5. The molecule has 6 fully saturated rings. The molecule has 2 bridgehead atoms. The second-order valence-corrected chi connectivity index (χ2v) is 29.9. The summed E-state index contributed by atoms with van der Waals surface area (Å²) in [4.78, 5) is 188. The van der Waals surface area contributed by atoms with Gasteiger partial charge >= 0.3 is 6.18 Å². The van der Waals surface area contributed by atoms with Crippen LogP contribution in [0.1, 0.15) is 175 Å². The summed E-state index contributed by atoms with van der Waals surface area (Å²) in [5, 5.41) is 11.0. The zero-order valence-corrected chi connectivity index (χ0v) is 61.3. The summed E-state index contributed by atoms with van der Waals surface area (Å²) in [5.74, 6) is -9.36. The number of likely N-dealkylation sites (N-methyl/N-ethyl adjacent to an activating group) is 6. The highest BCUT2D eigenvalue weighted by Crippen LogP contribution is 2.38. The van der Waals surface area contributed by atoms with Crippen LogP contribution in [0.4, 0.5) is 13.2 Å². The number of alkyl halides is 3. The first-order valence-electron chi connectivity index (χ1n) is 35.9. The van der Waals surface area contributed by atoms with Crippen LogP contribution < -0.4 is 21.3 Å². The van der Waals surface area contributed by atoms with Gasteiger partial charge in [0.15, 0.2) is 0 Å². The largest absolute Gasteiger partial charge is 0.417 e. The molecular weight excluding hydrogens is 1320 g/mol. The molecule has 1 aromatic rings. The minimum atomic E-state index is -4.76. The number of fused-ring (bicyclic) bond motifs is 3. The van der Waals surface area contributed by atoms with E-state index in [0.29, 0.717) is 50.5 Å². The van der Waals surface area contributed by atoms with E-state index in [1.807, 2.05) is 27.7 Å². The summed E-state index contributed by atoms with van der Waals surface area (Å²) in [7, 11) is 8.42. The standard InChI is InChI=1S/C71H108ClF3N12O13/c1-13-43(5)60-68(98)82(9)38-58(90)80(7)39-59(91)84(11)55(35-45-21-16-15-17-22-45)67(97)81(8)37-56(88)76-51(29-25-46-24-28-49(50(72)34-46)71(73,74)75)65(95)86-32-20-23-53(86)63(93)79-70(30-18-19-31-70)69(99)85(12)61(44(6)14-2)64(94)77-52(66(96)87-47-26-27-48(87)41-100-40-47)36-57(89)83(10)54(33-42(3)4)62(92)78-60/h24,28,34,42-45,47-48,51-55,60-61H,13-23,25-27,29-33,35-41H2,1-12H3,(H,76,88)(H,77,94)(H,78,92)(H,79,93)/t43-,44-,47?,48?,51-,52-,53?,54-,55-,60-,61-/m0/s1. The van der Waals surface area contributed by atoms with Crippen LogP contribution in [0.15, 0.2) is 18.2 Å². The van der Waals surface area contributed by atoms with Gasteiger partial charge in [0, 0.05) is 48.8 Å². The molecule has 6 aliphatic rings. The molecule has 4 saturated heterocycles. The Bertz CT molecular complexity index is 3130. The first-order chi connectivity index (χ1) is 47.1. The van der Waals surface area contributed by atoms with Gasteiger partial charge in [-0.25, -0.2) is 0 Å². The molecule has 25 nitrogen and oxygen atoms in total. The maximum atomic E-state index is 15.5. The molecule has 2 saturated carbocycles. The van der Waals surface area contributed by atoms with E-state index in [-0.39, 0.29) is 88.6 Å². The van der Waals surface area contributed by atoms with Gasteiger partial charge in [-0.3, -0.25) is 57.5 Å². The molecule has 1 spiro atoms. The Balaban J connectivity index is 1.27. The quantitative estimate of drug-likeness (QED) is 0.216. The van der Waals surface area contributed by atoms with Crippen molar-refractivity contribution in [1.82, 2.24) is 60.5 Å². The number of hydrogen-bond acceptors (Lipinski definition) is 13. The number of nitrogens with zero attached hydrogens (tertiary/aromatic N) is 8. The fourth-order valence-corrected chi connectivity index (χ4v) is 15.6. The van der Waals surface area contributed by atoms with Gasteiger partial charge in [-0.2, -0.15) is 13.2 Å². The van der Waals surface area contributed by atoms with Gasteiger partial charge in [0.05, 0.1) is 61.9 Å². The number of amides is 12. The highest BCUT2D eigenvalue weighted by atomic mass is 35.5. The van der Waals surface area contributed by atoms with Crippen molar-refractivity contribution in [3.63, 3.8) is 0 Å². The summed E-state index contributed by atoms with van der Waals surface area (Å²) >= 11 is 6.15. The van der Waals surface area contributed by atoms with Crippen molar-refractivity contribution in [2.45, 2.75) is 236 Å². The molecule has 2 aliphatic carbocycles. The predicted octanol–water partition coefficient (Wildman–Crippen LogP) is 4.92. The maximum Gasteiger partial charge on any atom is 0.417 e. The monoisotopic (exact) mass is 1430 g/mol.